The molecule has 0 saturated carbocycles. The number of carbonyl (C=O) groups excluding carboxylic acids is 1. The van der Waals surface area contributed by atoms with E-state index >= 15 is 0 Å². The van der Waals surface area contributed by atoms with Crippen molar-refractivity contribution in [1.82, 2.24) is 0 Å². The van der Waals surface area contributed by atoms with E-state index in [1.54, 1.807) is 25.1 Å². The van der Waals surface area contributed by atoms with E-state index in [0.29, 0.717) is 11.4 Å². The number of aryl methyl sites for hydroxylation is 2. The number of hydrogen-bond acceptors (Lipinski definition) is 3. The number of carbonyl (C=O) groups is 1. The normalized spacial score (nSPS) is 11.1. The Balaban J connectivity index is 1.91. The fraction of sp³-hybridized carbons (Fsp3) is 0.136. The van der Waals surface area contributed by atoms with E-state index < -0.39 is 15.9 Å². The van der Waals surface area contributed by atoms with Crippen molar-refractivity contribution in [3.05, 3.63) is 88.4 Å². The van der Waals surface area contributed by atoms with Crippen LogP contribution in [-0.4, -0.2) is 14.3 Å². The lowest BCUT2D eigenvalue weighted by atomic mass is 10.1. The Kier molecular flexibility index (Phi) is 6.25. The molecule has 7 heteroatoms. The summed E-state index contributed by atoms with van der Waals surface area (Å²) in [6.07, 6.45) is 0.761. The van der Waals surface area contributed by atoms with Gasteiger partial charge in [-0.15, -0.1) is 0 Å². The Morgan fingerprint density at radius 2 is 1.62 bits per heavy atom. The van der Waals surface area contributed by atoms with Crippen LogP contribution in [0.3, 0.4) is 0 Å². The van der Waals surface area contributed by atoms with Crippen molar-refractivity contribution >= 4 is 38.9 Å². The highest BCUT2D eigenvalue weighted by Gasteiger charge is 2.21. The molecule has 0 spiro atoms. The Hall–Kier alpha value is -2.83. The molecule has 0 aliphatic rings. The minimum atomic E-state index is -3.97. The second-order valence-electron chi connectivity index (χ2n) is 6.53. The Morgan fingerprint density at radius 1 is 0.966 bits per heavy atom. The Bertz CT molecular complexity index is 1160. The lowest BCUT2D eigenvalue weighted by Gasteiger charge is -2.13. The first-order valence-electron chi connectivity index (χ1n) is 9.09. The van der Waals surface area contributed by atoms with Crippen LogP contribution in [0, 0.1) is 6.92 Å². The average molecular weight is 429 g/mol. The third-order valence-electron chi connectivity index (χ3n) is 4.52. The van der Waals surface area contributed by atoms with Crippen molar-refractivity contribution in [3.63, 3.8) is 0 Å². The van der Waals surface area contributed by atoms with Crippen molar-refractivity contribution in [2.24, 2.45) is 0 Å². The second kappa shape index (κ2) is 8.68. The Morgan fingerprint density at radius 3 is 2.31 bits per heavy atom. The molecule has 29 heavy (non-hydrogen) atoms. The fourth-order valence-corrected chi connectivity index (χ4v) is 4.54. The number of para-hydroxylation sites is 2. The van der Waals surface area contributed by atoms with Gasteiger partial charge in [-0.3, -0.25) is 9.52 Å². The number of hydrogen-bond donors (Lipinski definition) is 2. The maximum absolute atomic E-state index is 12.9. The number of halogens is 1. The molecule has 0 fully saturated rings. The number of amides is 1. The van der Waals surface area contributed by atoms with Crippen LogP contribution in [0.1, 0.15) is 28.4 Å². The summed E-state index contributed by atoms with van der Waals surface area (Å²) in [5, 5.41) is 2.88. The zero-order valence-electron chi connectivity index (χ0n) is 16.1. The predicted molar refractivity (Wildman–Crippen MR) is 117 cm³/mol. The largest absolute Gasteiger partial charge is 0.322 e. The predicted octanol–water partition coefficient (Wildman–Crippen LogP) is 5.26. The Labute approximate surface area is 175 Å². The van der Waals surface area contributed by atoms with Gasteiger partial charge in [-0.2, -0.15) is 0 Å². The monoisotopic (exact) mass is 428 g/mol. The first-order chi connectivity index (χ1) is 13.8. The van der Waals surface area contributed by atoms with E-state index in [1.165, 1.54) is 18.2 Å². The third kappa shape index (κ3) is 4.78. The van der Waals surface area contributed by atoms with Crippen molar-refractivity contribution in [2.45, 2.75) is 25.2 Å². The summed E-state index contributed by atoms with van der Waals surface area (Å²) < 4.78 is 28.3. The molecule has 3 aromatic rings. The molecular formula is C22H21ClN2O3S. The van der Waals surface area contributed by atoms with Crippen molar-refractivity contribution < 1.29 is 13.2 Å². The van der Waals surface area contributed by atoms with E-state index in [2.05, 4.69) is 10.0 Å². The molecule has 0 bridgehead atoms. The molecule has 0 saturated heterocycles. The summed E-state index contributed by atoms with van der Waals surface area (Å²) in [4.78, 5) is 12.6. The minimum absolute atomic E-state index is 0.0385. The maximum Gasteiger partial charge on any atom is 0.263 e. The molecule has 1 amide bonds. The van der Waals surface area contributed by atoms with Gasteiger partial charge in [0, 0.05) is 11.3 Å². The maximum atomic E-state index is 12.9. The highest BCUT2D eigenvalue weighted by Crippen LogP contribution is 2.27. The topological polar surface area (TPSA) is 75.3 Å². The van der Waals surface area contributed by atoms with Gasteiger partial charge in [-0.05, 0) is 54.8 Å². The summed E-state index contributed by atoms with van der Waals surface area (Å²) in [6.45, 7) is 3.80. The second-order valence-corrected chi connectivity index (χ2v) is 8.59. The van der Waals surface area contributed by atoms with E-state index in [4.69, 9.17) is 11.6 Å². The zero-order chi connectivity index (χ0) is 21.0. The van der Waals surface area contributed by atoms with Crippen LogP contribution >= 0.6 is 11.6 Å². The number of benzene rings is 3. The van der Waals surface area contributed by atoms with Gasteiger partial charge in [0.2, 0.25) is 0 Å². The van der Waals surface area contributed by atoms with Crippen LogP contribution in [0.5, 0.6) is 0 Å². The lowest BCUT2D eigenvalue weighted by Crippen LogP contribution is -2.17. The van der Waals surface area contributed by atoms with E-state index in [1.807, 2.05) is 37.3 Å². The first-order valence-corrected chi connectivity index (χ1v) is 10.9. The summed E-state index contributed by atoms with van der Waals surface area (Å²) in [6, 6.07) is 18.7. The SMILES string of the molecule is CCc1ccccc1NC(=O)c1ccc(Cl)c(S(=O)(=O)Nc2ccccc2C)c1. The van der Waals surface area contributed by atoms with Crippen molar-refractivity contribution in [1.29, 1.82) is 0 Å². The molecule has 0 radical (unpaired) electrons. The molecule has 0 aromatic heterocycles. The van der Waals surface area contributed by atoms with Gasteiger partial charge in [0.05, 0.1) is 10.7 Å². The molecule has 0 heterocycles. The fourth-order valence-electron chi connectivity index (χ4n) is 2.88. The quantitative estimate of drug-likeness (QED) is 0.562. The third-order valence-corrected chi connectivity index (χ3v) is 6.37. The van der Waals surface area contributed by atoms with Gasteiger partial charge >= 0.3 is 0 Å². The van der Waals surface area contributed by atoms with Crippen molar-refractivity contribution in [2.75, 3.05) is 10.0 Å². The summed E-state index contributed by atoms with van der Waals surface area (Å²) in [5.41, 5.74) is 3.11. The van der Waals surface area contributed by atoms with Crippen LogP contribution < -0.4 is 10.0 Å². The molecule has 0 atom stereocenters. The van der Waals surface area contributed by atoms with E-state index in [9.17, 15) is 13.2 Å². The smallest absolute Gasteiger partial charge is 0.263 e. The van der Waals surface area contributed by atoms with Crippen LogP contribution in [0.2, 0.25) is 5.02 Å². The minimum Gasteiger partial charge on any atom is -0.322 e. The first kappa shape index (κ1) is 20.9. The van der Waals surface area contributed by atoms with Gasteiger partial charge < -0.3 is 5.32 Å². The van der Waals surface area contributed by atoms with Gasteiger partial charge in [-0.1, -0.05) is 54.9 Å². The van der Waals surface area contributed by atoms with Gasteiger partial charge in [-0.25, -0.2) is 8.42 Å². The molecule has 3 aromatic carbocycles. The molecule has 0 aliphatic heterocycles. The van der Waals surface area contributed by atoms with Crippen LogP contribution in [0.4, 0.5) is 11.4 Å². The highest BCUT2D eigenvalue weighted by molar-refractivity contribution is 7.92. The number of anilines is 2. The molecule has 5 nitrogen and oxygen atoms in total. The van der Waals surface area contributed by atoms with Gasteiger partial charge in [0.15, 0.2) is 0 Å². The van der Waals surface area contributed by atoms with Gasteiger partial charge in [0.1, 0.15) is 4.90 Å². The average Bonchev–Trinajstić information content (AvgIpc) is 2.70. The van der Waals surface area contributed by atoms with Crippen LogP contribution in [-0.2, 0) is 16.4 Å². The highest BCUT2D eigenvalue weighted by atomic mass is 35.5. The molecule has 150 valence electrons. The summed E-state index contributed by atoms with van der Waals surface area (Å²) >= 11 is 6.15. The number of rotatable bonds is 6. The lowest BCUT2D eigenvalue weighted by molar-refractivity contribution is 0.102. The van der Waals surface area contributed by atoms with Gasteiger partial charge in [0.25, 0.3) is 15.9 Å². The van der Waals surface area contributed by atoms with E-state index in [0.717, 1.165) is 17.5 Å². The number of nitrogens with one attached hydrogen (secondary N) is 2. The number of sulfonamides is 1. The standard InChI is InChI=1S/C22H21ClN2O3S/c1-3-16-9-5-7-11-20(16)24-22(26)17-12-13-18(23)21(14-17)29(27,28)25-19-10-6-4-8-15(19)2/h4-14,25H,3H2,1-2H3,(H,24,26). The van der Waals surface area contributed by atoms with Crippen LogP contribution in [0.25, 0.3) is 0 Å². The molecular weight excluding hydrogens is 408 g/mol. The van der Waals surface area contributed by atoms with E-state index in [-0.39, 0.29) is 15.5 Å². The summed E-state index contributed by atoms with van der Waals surface area (Å²) in [7, 11) is -3.97. The molecule has 2 N–H and O–H groups in total. The van der Waals surface area contributed by atoms with Crippen molar-refractivity contribution in [3.8, 4) is 0 Å². The molecule has 3 rings (SSSR count). The molecule has 0 aliphatic carbocycles. The zero-order valence-corrected chi connectivity index (χ0v) is 17.6. The molecule has 0 unspecified atom stereocenters. The summed E-state index contributed by atoms with van der Waals surface area (Å²) in [5.74, 6) is -0.407. The van der Waals surface area contributed by atoms with Crippen LogP contribution in [0.15, 0.2) is 71.6 Å².